The van der Waals surface area contributed by atoms with Crippen LogP contribution in [0.3, 0.4) is 0 Å². The molecular weight excluding hydrogens is 286 g/mol. The van der Waals surface area contributed by atoms with Gasteiger partial charge in [0.05, 0.1) is 12.5 Å². The molecule has 1 aromatic rings. The number of nitrogens with zero attached hydrogens (tertiary/aromatic N) is 3. The Kier molecular flexibility index (Phi) is 4.87. The first-order valence-electron chi connectivity index (χ1n) is 7.11. The molecule has 21 heavy (non-hydrogen) atoms. The molecule has 0 aliphatic carbocycles. The number of benzene rings is 1. The summed E-state index contributed by atoms with van der Waals surface area (Å²) in [6.45, 7) is 6.61. The van der Waals surface area contributed by atoms with Gasteiger partial charge in [0.15, 0.2) is 0 Å². The summed E-state index contributed by atoms with van der Waals surface area (Å²) in [6, 6.07) is 9.75. The second-order valence-electron chi connectivity index (χ2n) is 5.81. The number of hydrogen-bond acceptors (Lipinski definition) is 3. The van der Waals surface area contributed by atoms with Gasteiger partial charge in [0, 0.05) is 31.2 Å². The van der Waals surface area contributed by atoms with Crippen molar-refractivity contribution in [3.8, 4) is 6.07 Å². The zero-order valence-electron chi connectivity index (χ0n) is 12.5. The lowest BCUT2D eigenvalue weighted by molar-refractivity contribution is -0.132. The summed E-state index contributed by atoms with van der Waals surface area (Å²) in [4.78, 5) is 16.3. The minimum absolute atomic E-state index is 0.0949. The predicted molar refractivity (Wildman–Crippen MR) is 83.0 cm³/mol. The molecule has 0 radical (unpaired) electrons. The summed E-state index contributed by atoms with van der Waals surface area (Å²) in [5, 5.41) is 9.79. The maximum Gasteiger partial charge on any atom is 0.227 e. The van der Waals surface area contributed by atoms with E-state index in [1.807, 2.05) is 36.9 Å². The third kappa shape index (κ3) is 3.75. The Morgan fingerprint density at radius 2 is 1.90 bits per heavy atom. The SMILES string of the molecule is CC(C)(C#N)N1CCN(C(=O)Cc2ccccc2Cl)CC1. The van der Waals surface area contributed by atoms with Gasteiger partial charge in [-0.05, 0) is 25.5 Å². The van der Waals surface area contributed by atoms with E-state index in [0.717, 1.165) is 18.7 Å². The highest BCUT2D eigenvalue weighted by atomic mass is 35.5. The van der Waals surface area contributed by atoms with E-state index < -0.39 is 5.54 Å². The van der Waals surface area contributed by atoms with Crippen molar-refractivity contribution in [2.24, 2.45) is 0 Å². The first-order valence-corrected chi connectivity index (χ1v) is 7.49. The fraction of sp³-hybridized carbons (Fsp3) is 0.500. The highest BCUT2D eigenvalue weighted by Gasteiger charge is 2.31. The third-order valence-electron chi connectivity index (χ3n) is 4.00. The number of halogens is 1. The minimum atomic E-state index is -0.474. The lowest BCUT2D eigenvalue weighted by Crippen LogP contribution is -2.55. The monoisotopic (exact) mass is 305 g/mol. The van der Waals surface area contributed by atoms with E-state index in [1.165, 1.54) is 0 Å². The molecule has 0 spiro atoms. The third-order valence-corrected chi connectivity index (χ3v) is 4.36. The predicted octanol–water partition coefficient (Wildman–Crippen LogP) is 2.33. The number of carbonyl (C=O) groups excluding carboxylic acids is 1. The van der Waals surface area contributed by atoms with Gasteiger partial charge >= 0.3 is 0 Å². The van der Waals surface area contributed by atoms with Gasteiger partial charge in [-0.2, -0.15) is 5.26 Å². The summed E-state index contributed by atoms with van der Waals surface area (Å²) in [6.07, 6.45) is 0.335. The van der Waals surface area contributed by atoms with E-state index in [4.69, 9.17) is 16.9 Å². The van der Waals surface area contributed by atoms with Crippen LogP contribution in [-0.2, 0) is 11.2 Å². The van der Waals surface area contributed by atoms with Gasteiger partial charge in [0.25, 0.3) is 0 Å². The Labute approximate surface area is 130 Å². The van der Waals surface area contributed by atoms with E-state index in [-0.39, 0.29) is 5.91 Å². The van der Waals surface area contributed by atoms with Crippen LogP contribution in [0.5, 0.6) is 0 Å². The van der Waals surface area contributed by atoms with E-state index in [2.05, 4.69) is 11.0 Å². The summed E-state index contributed by atoms with van der Waals surface area (Å²) in [5.41, 5.74) is 0.390. The van der Waals surface area contributed by atoms with Crippen LogP contribution in [0.25, 0.3) is 0 Å². The van der Waals surface area contributed by atoms with Crippen molar-refractivity contribution in [2.45, 2.75) is 25.8 Å². The van der Waals surface area contributed by atoms with Crippen LogP contribution < -0.4 is 0 Å². The molecule has 1 saturated heterocycles. The quantitative estimate of drug-likeness (QED) is 0.861. The molecule has 2 rings (SSSR count). The maximum atomic E-state index is 12.3. The van der Waals surface area contributed by atoms with Gasteiger partial charge in [-0.15, -0.1) is 0 Å². The van der Waals surface area contributed by atoms with E-state index >= 15 is 0 Å². The second kappa shape index (κ2) is 6.46. The molecule has 1 aliphatic rings. The van der Waals surface area contributed by atoms with Crippen molar-refractivity contribution in [1.82, 2.24) is 9.80 Å². The maximum absolute atomic E-state index is 12.3. The zero-order valence-corrected chi connectivity index (χ0v) is 13.2. The van der Waals surface area contributed by atoms with Crippen molar-refractivity contribution >= 4 is 17.5 Å². The van der Waals surface area contributed by atoms with E-state index in [9.17, 15) is 4.79 Å². The van der Waals surface area contributed by atoms with Gasteiger partial charge in [-0.3, -0.25) is 9.69 Å². The molecule has 0 aromatic heterocycles. The first-order chi connectivity index (χ1) is 9.94. The molecule has 112 valence electrons. The highest BCUT2D eigenvalue weighted by molar-refractivity contribution is 6.31. The number of piperazine rings is 1. The van der Waals surface area contributed by atoms with Gasteiger partial charge in [-0.1, -0.05) is 29.8 Å². The summed E-state index contributed by atoms with van der Waals surface area (Å²) < 4.78 is 0. The topological polar surface area (TPSA) is 47.3 Å². The molecule has 4 nitrogen and oxygen atoms in total. The van der Waals surface area contributed by atoms with Crippen LogP contribution in [0, 0.1) is 11.3 Å². The van der Waals surface area contributed by atoms with Crippen LogP contribution in [-0.4, -0.2) is 47.4 Å². The van der Waals surface area contributed by atoms with Crippen LogP contribution in [0.4, 0.5) is 0 Å². The van der Waals surface area contributed by atoms with Crippen molar-refractivity contribution < 1.29 is 4.79 Å². The van der Waals surface area contributed by atoms with E-state index in [1.54, 1.807) is 6.07 Å². The first kappa shape index (κ1) is 15.8. The Bertz CT molecular complexity index is 557. The summed E-state index contributed by atoms with van der Waals surface area (Å²) in [5.74, 6) is 0.0949. The van der Waals surface area contributed by atoms with Crippen LogP contribution in [0.2, 0.25) is 5.02 Å². The molecule has 0 N–H and O–H groups in total. The number of hydrogen-bond donors (Lipinski definition) is 0. The molecule has 0 atom stereocenters. The molecular formula is C16H20ClN3O. The van der Waals surface area contributed by atoms with Crippen molar-refractivity contribution in [1.29, 1.82) is 5.26 Å². The standard InChI is InChI=1S/C16H20ClN3O/c1-16(2,12-18)20-9-7-19(8-10-20)15(21)11-13-5-3-4-6-14(13)17/h3-6H,7-11H2,1-2H3. The van der Waals surface area contributed by atoms with Crippen LogP contribution in [0.15, 0.2) is 24.3 Å². The lowest BCUT2D eigenvalue weighted by atomic mass is 10.0. The molecule has 5 heteroatoms. The molecule has 1 aliphatic heterocycles. The minimum Gasteiger partial charge on any atom is -0.340 e. The number of rotatable bonds is 3. The van der Waals surface area contributed by atoms with E-state index in [0.29, 0.717) is 24.5 Å². The Balaban J connectivity index is 1.92. The fourth-order valence-electron chi connectivity index (χ4n) is 2.50. The number of carbonyl (C=O) groups is 1. The zero-order chi connectivity index (χ0) is 15.5. The normalized spacial score (nSPS) is 16.6. The van der Waals surface area contributed by atoms with Gasteiger partial charge in [0.2, 0.25) is 5.91 Å². The van der Waals surface area contributed by atoms with Crippen molar-refractivity contribution in [3.63, 3.8) is 0 Å². The molecule has 1 fully saturated rings. The van der Waals surface area contributed by atoms with Crippen LogP contribution >= 0.6 is 11.6 Å². The molecule has 0 unspecified atom stereocenters. The fourth-order valence-corrected chi connectivity index (χ4v) is 2.70. The average Bonchev–Trinajstić information content (AvgIpc) is 2.49. The Hall–Kier alpha value is -1.57. The number of nitriles is 1. The van der Waals surface area contributed by atoms with Gasteiger partial charge < -0.3 is 4.90 Å². The Morgan fingerprint density at radius 1 is 1.29 bits per heavy atom. The average molecular weight is 306 g/mol. The summed E-state index contributed by atoms with van der Waals surface area (Å²) in [7, 11) is 0. The van der Waals surface area contributed by atoms with Crippen LogP contribution in [0.1, 0.15) is 19.4 Å². The molecule has 0 saturated carbocycles. The molecule has 0 bridgehead atoms. The molecule has 1 heterocycles. The van der Waals surface area contributed by atoms with Crippen molar-refractivity contribution in [3.05, 3.63) is 34.9 Å². The molecule has 1 amide bonds. The number of amides is 1. The lowest BCUT2D eigenvalue weighted by Gasteiger charge is -2.40. The smallest absolute Gasteiger partial charge is 0.227 e. The molecule has 1 aromatic carbocycles. The Morgan fingerprint density at radius 3 is 2.48 bits per heavy atom. The second-order valence-corrected chi connectivity index (χ2v) is 6.21. The summed E-state index contributed by atoms with van der Waals surface area (Å²) >= 11 is 6.09. The largest absolute Gasteiger partial charge is 0.340 e. The van der Waals surface area contributed by atoms with Crippen molar-refractivity contribution in [2.75, 3.05) is 26.2 Å². The van der Waals surface area contributed by atoms with Gasteiger partial charge in [0.1, 0.15) is 5.54 Å². The van der Waals surface area contributed by atoms with Gasteiger partial charge in [-0.25, -0.2) is 0 Å². The highest BCUT2D eigenvalue weighted by Crippen LogP contribution is 2.19.